The first kappa shape index (κ1) is 10.9. The molecule has 0 unspecified atom stereocenters. The van der Waals surface area contributed by atoms with Crippen molar-refractivity contribution in [2.24, 2.45) is 5.92 Å². The molecule has 0 saturated carbocycles. The van der Waals surface area contributed by atoms with Crippen LogP contribution in [0.3, 0.4) is 0 Å². The third-order valence-electron chi connectivity index (χ3n) is 2.76. The van der Waals surface area contributed by atoms with Gasteiger partial charge in [0.1, 0.15) is 0 Å². The van der Waals surface area contributed by atoms with E-state index in [0.717, 1.165) is 19.0 Å². The zero-order valence-electron chi connectivity index (χ0n) is 8.56. The molecule has 2 nitrogen and oxygen atoms in total. The SMILES string of the molecule is CN1CCC(CNCCCF)CC1. The summed E-state index contributed by atoms with van der Waals surface area (Å²) < 4.78 is 11.8. The van der Waals surface area contributed by atoms with Gasteiger partial charge in [-0.3, -0.25) is 4.39 Å². The van der Waals surface area contributed by atoms with E-state index < -0.39 is 0 Å². The van der Waals surface area contributed by atoms with Gasteiger partial charge in [-0.05, 0) is 58.4 Å². The highest BCUT2D eigenvalue weighted by atomic mass is 19.1. The fraction of sp³-hybridized carbons (Fsp3) is 1.00. The molecule has 0 aromatic heterocycles. The van der Waals surface area contributed by atoms with Crippen molar-refractivity contribution in [3.05, 3.63) is 0 Å². The van der Waals surface area contributed by atoms with Crippen molar-refractivity contribution in [2.75, 3.05) is 39.9 Å². The van der Waals surface area contributed by atoms with E-state index in [1.165, 1.54) is 25.9 Å². The largest absolute Gasteiger partial charge is 0.316 e. The van der Waals surface area contributed by atoms with Crippen molar-refractivity contribution >= 4 is 0 Å². The minimum Gasteiger partial charge on any atom is -0.316 e. The Kier molecular flexibility index (Phi) is 5.32. The Labute approximate surface area is 80.5 Å². The molecule has 78 valence electrons. The number of nitrogens with zero attached hydrogens (tertiary/aromatic N) is 1. The maximum Gasteiger partial charge on any atom is 0.0906 e. The van der Waals surface area contributed by atoms with Gasteiger partial charge in [0.15, 0.2) is 0 Å². The fourth-order valence-electron chi connectivity index (χ4n) is 1.76. The van der Waals surface area contributed by atoms with E-state index in [-0.39, 0.29) is 6.67 Å². The molecule has 1 heterocycles. The molecule has 1 aliphatic heterocycles. The number of halogens is 1. The van der Waals surface area contributed by atoms with E-state index in [1.54, 1.807) is 0 Å². The van der Waals surface area contributed by atoms with Crippen molar-refractivity contribution in [1.29, 1.82) is 0 Å². The number of piperidine rings is 1. The standard InChI is InChI=1S/C10H21FN2/c1-13-7-3-10(4-8-13)9-12-6-2-5-11/h10,12H,2-9H2,1H3. The summed E-state index contributed by atoms with van der Waals surface area (Å²) in [6.45, 7) is 4.15. The highest BCUT2D eigenvalue weighted by molar-refractivity contribution is 4.71. The quantitative estimate of drug-likeness (QED) is 0.654. The second-order valence-electron chi connectivity index (χ2n) is 3.99. The molecule has 0 atom stereocenters. The van der Waals surface area contributed by atoms with E-state index in [0.29, 0.717) is 6.42 Å². The Bertz CT molecular complexity index is 122. The first-order chi connectivity index (χ1) is 6.33. The Morgan fingerprint density at radius 2 is 2.08 bits per heavy atom. The van der Waals surface area contributed by atoms with Crippen LogP contribution in [0.25, 0.3) is 0 Å². The summed E-state index contributed by atoms with van der Waals surface area (Å²) in [7, 11) is 2.17. The molecular weight excluding hydrogens is 167 g/mol. The van der Waals surface area contributed by atoms with Crippen LogP contribution in [0.2, 0.25) is 0 Å². The summed E-state index contributed by atoms with van der Waals surface area (Å²) in [4.78, 5) is 2.37. The molecule has 1 saturated heterocycles. The van der Waals surface area contributed by atoms with Crippen LogP contribution in [0.4, 0.5) is 4.39 Å². The van der Waals surface area contributed by atoms with Crippen LogP contribution in [0.15, 0.2) is 0 Å². The summed E-state index contributed by atoms with van der Waals surface area (Å²) in [6, 6.07) is 0. The predicted molar refractivity (Wildman–Crippen MR) is 53.7 cm³/mol. The van der Waals surface area contributed by atoms with E-state index in [1.807, 2.05) is 0 Å². The lowest BCUT2D eigenvalue weighted by Crippen LogP contribution is -2.35. The highest BCUT2D eigenvalue weighted by Crippen LogP contribution is 2.14. The monoisotopic (exact) mass is 188 g/mol. The maximum atomic E-state index is 11.8. The number of likely N-dealkylation sites (tertiary alicyclic amines) is 1. The fourth-order valence-corrected chi connectivity index (χ4v) is 1.76. The summed E-state index contributed by atoms with van der Waals surface area (Å²) in [6.07, 6.45) is 3.24. The van der Waals surface area contributed by atoms with Gasteiger partial charge in [0, 0.05) is 0 Å². The lowest BCUT2D eigenvalue weighted by atomic mass is 9.97. The molecule has 0 amide bonds. The van der Waals surface area contributed by atoms with Gasteiger partial charge in [-0.25, -0.2) is 0 Å². The van der Waals surface area contributed by atoms with Crippen LogP contribution in [0.1, 0.15) is 19.3 Å². The summed E-state index contributed by atoms with van der Waals surface area (Å²) in [5, 5.41) is 3.31. The molecule has 1 N–H and O–H groups in total. The number of rotatable bonds is 5. The van der Waals surface area contributed by atoms with Crippen LogP contribution in [0, 0.1) is 5.92 Å². The van der Waals surface area contributed by atoms with E-state index in [2.05, 4.69) is 17.3 Å². The van der Waals surface area contributed by atoms with Crippen LogP contribution in [-0.4, -0.2) is 44.8 Å². The molecule has 1 aliphatic rings. The van der Waals surface area contributed by atoms with Crippen LogP contribution >= 0.6 is 0 Å². The van der Waals surface area contributed by atoms with E-state index in [4.69, 9.17) is 0 Å². The number of hydrogen-bond donors (Lipinski definition) is 1. The van der Waals surface area contributed by atoms with Crippen LogP contribution in [-0.2, 0) is 0 Å². The Balaban J connectivity index is 1.96. The average Bonchev–Trinajstić information content (AvgIpc) is 2.15. The first-order valence-corrected chi connectivity index (χ1v) is 5.28. The second-order valence-corrected chi connectivity index (χ2v) is 3.99. The molecule has 1 fully saturated rings. The van der Waals surface area contributed by atoms with Gasteiger partial charge in [-0.1, -0.05) is 0 Å². The summed E-state index contributed by atoms with van der Waals surface area (Å²) >= 11 is 0. The molecule has 0 aromatic rings. The Hall–Kier alpha value is -0.150. The van der Waals surface area contributed by atoms with Gasteiger partial charge >= 0.3 is 0 Å². The zero-order valence-corrected chi connectivity index (χ0v) is 8.56. The van der Waals surface area contributed by atoms with Crippen molar-refractivity contribution < 1.29 is 4.39 Å². The molecular formula is C10H21FN2. The highest BCUT2D eigenvalue weighted by Gasteiger charge is 2.15. The van der Waals surface area contributed by atoms with E-state index >= 15 is 0 Å². The predicted octanol–water partition coefficient (Wildman–Crippen LogP) is 1.28. The van der Waals surface area contributed by atoms with Crippen molar-refractivity contribution in [1.82, 2.24) is 10.2 Å². The third-order valence-corrected chi connectivity index (χ3v) is 2.76. The Morgan fingerprint density at radius 1 is 1.38 bits per heavy atom. The van der Waals surface area contributed by atoms with Gasteiger partial charge in [-0.15, -0.1) is 0 Å². The third kappa shape index (κ3) is 4.58. The van der Waals surface area contributed by atoms with Crippen molar-refractivity contribution in [3.63, 3.8) is 0 Å². The molecule has 3 heteroatoms. The zero-order chi connectivity index (χ0) is 9.52. The van der Waals surface area contributed by atoms with Crippen LogP contribution in [0.5, 0.6) is 0 Å². The minimum absolute atomic E-state index is 0.194. The Morgan fingerprint density at radius 3 is 2.69 bits per heavy atom. The molecule has 0 aliphatic carbocycles. The van der Waals surface area contributed by atoms with E-state index in [9.17, 15) is 4.39 Å². The number of alkyl halides is 1. The molecule has 1 rings (SSSR count). The molecule has 0 spiro atoms. The van der Waals surface area contributed by atoms with Gasteiger partial charge in [0.05, 0.1) is 6.67 Å². The normalized spacial score (nSPS) is 20.8. The molecule has 0 radical (unpaired) electrons. The number of nitrogens with one attached hydrogen (secondary N) is 1. The van der Waals surface area contributed by atoms with Crippen molar-refractivity contribution in [3.8, 4) is 0 Å². The van der Waals surface area contributed by atoms with Gasteiger partial charge in [0.2, 0.25) is 0 Å². The lowest BCUT2D eigenvalue weighted by Gasteiger charge is -2.28. The van der Waals surface area contributed by atoms with Gasteiger partial charge in [-0.2, -0.15) is 0 Å². The van der Waals surface area contributed by atoms with Gasteiger partial charge in [0.25, 0.3) is 0 Å². The van der Waals surface area contributed by atoms with Crippen molar-refractivity contribution in [2.45, 2.75) is 19.3 Å². The smallest absolute Gasteiger partial charge is 0.0906 e. The summed E-state index contributed by atoms with van der Waals surface area (Å²) in [5.74, 6) is 0.816. The molecule has 0 aromatic carbocycles. The second kappa shape index (κ2) is 6.33. The number of hydrogen-bond acceptors (Lipinski definition) is 2. The molecule has 13 heavy (non-hydrogen) atoms. The lowest BCUT2D eigenvalue weighted by molar-refractivity contribution is 0.216. The topological polar surface area (TPSA) is 15.3 Å². The maximum absolute atomic E-state index is 11.8. The first-order valence-electron chi connectivity index (χ1n) is 5.28. The minimum atomic E-state index is -0.194. The molecule has 0 bridgehead atoms. The van der Waals surface area contributed by atoms with Crippen LogP contribution < -0.4 is 5.32 Å². The van der Waals surface area contributed by atoms with Gasteiger partial charge < -0.3 is 10.2 Å². The average molecular weight is 188 g/mol. The summed E-state index contributed by atoms with van der Waals surface area (Å²) in [5.41, 5.74) is 0.